The van der Waals surface area contributed by atoms with E-state index >= 15 is 0 Å². The van der Waals surface area contributed by atoms with Crippen molar-refractivity contribution in [2.24, 2.45) is 0 Å². The van der Waals surface area contributed by atoms with E-state index < -0.39 is 19.7 Å². The first kappa shape index (κ1) is 19.7. The molecule has 0 aliphatic carbocycles. The van der Waals surface area contributed by atoms with Crippen molar-refractivity contribution in [1.82, 2.24) is 9.62 Å². The average Bonchev–Trinajstić information content (AvgIpc) is 2.79. The summed E-state index contributed by atoms with van der Waals surface area (Å²) in [6.07, 6.45) is 2.21. The summed E-state index contributed by atoms with van der Waals surface area (Å²) in [5.41, 5.74) is 0.0968. The Kier molecular flexibility index (Phi) is 5.39. The van der Waals surface area contributed by atoms with E-state index in [9.17, 15) is 4.55 Å². The van der Waals surface area contributed by atoms with Gasteiger partial charge in [0.1, 0.15) is 4.75 Å². The summed E-state index contributed by atoms with van der Waals surface area (Å²) in [5, 5.41) is 3.88. The Hall–Kier alpha value is 0.407. The molecule has 1 N–H and O–H groups in total. The van der Waals surface area contributed by atoms with Gasteiger partial charge in [-0.25, -0.2) is 0 Å². The minimum atomic E-state index is -1.69. The first-order chi connectivity index (χ1) is 10.3. The molecule has 2 heterocycles. The van der Waals surface area contributed by atoms with Crippen LogP contribution in [0.4, 0.5) is 0 Å². The van der Waals surface area contributed by atoms with Crippen LogP contribution in [0.25, 0.3) is 0 Å². The Labute approximate surface area is 147 Å². The van der Waals surface area contributed by atoms with Crippen LogP contribution in [0.3, 0.4) is 0 Å². The van der Waals surface area contributed by atoms with Gasteiger partial charge in [-0.05, 0) is 51.7 Å². The molecule has 0 bridgehead atoms. The van der Waals surface area contributed by atoms with Crippen molar-refractivity contribution < 1.29 is 8.98 Å². The van der Waals surface area contributed by atoms with Gasteiger partial charge in [-0.2, -0.15) is 0 Å². The fraction of sp³-hybridized carbons (Fsp3) is 1.00. The highest BCUT2D eigenvalue weighted by Gasteiger charge is 2.57. The number of nitrogens with one attached hydrogen (secondary N) is 1. The molecule has 2 aliphatic rings. The second-order valence-corrected chi connectivity index (χ2v) is 16.8. The average molecular weight is 361 g/mol. The largest absolute Gasteiger partial charge is 0.597 e. The Morgan fingerprint density at radius 1 is 1.26 bits per heavy atom. The van der Waals surface area contributed by atoms with Crippen LogP contribution in [0.5, 0.6) is 0 Å². The van der Waals surface area contributed by atoms with Crippen LogP contribution in [0, 0.1) is 0 Å². The van der Waals surface area contributed by atoms with Gasteiger partial charge in [-0.3, -0.25) is 0 Å². The van der Waals surface area contributed by atoms with E-state index in [0.29, 0.717) is 6.04 Å². The highest BCUT2D eigenvalue weighted by molar-refractivity contribution is 7.90. The first-order valence-corrected chi connectivity index (χ1v) is 12.9. The number of hydrogen-bond acceptors (Lipinski definition) is 4. The molecule has 136 valence electrons. The summed E-state index contributed by atoms with van der Waals surface area (Å²) in [7, 11) is -1.69. The quantitative estimate of drug-likeness (QED) is 0.617. The number of hydrogen-bond donors (Lipinski definition) is 1. The lowest BCUT2D eigenvalue weighted by Gasteiger charge is -2.51. The fourth-order valence-corrected chi connectivity index (χ4v) is 5.62. The Bertz CT molecular complexity index is 433. The van der Waals surface area contributed by atoms with Crippen LogP contribution in [-0.4, -0.2) is 53.2 Å². The van der Waals surface area contributed by atoms with E-state index in [0.717, 1.165) is 32.5 Å². The predicted molar refractivity (Wildman–Crippen MR) is 102 cm³/mol. The maximum Gasteiger partial charge on any atom is 0.192 e. The van der Waals surface area contributed by atoms with Crippen molar-refractivity contribution in [3.63, 3.8) is 0 Å². The van der Waals surface area contributed by atoms with Crippen molar-refractivity contribution in [2.75, 3.05) is 19.7 Å². The zero-order valence-electron chi connectivity index (χ0n) is 16.3. The molecule has 2 aliphatic heterocycles. The molecule has 0 amide bonds. The van der Waals surface area contributed by atoms with Crippen LogP contribution in [0.1, 0.15) is 54.4 Å². The molecular formula is C17H36N2O2SSi. The van der Waals surface area contributed by atoms with Crippen molar-refractivity contribution in [3.05, 3.63) is 0 Å². The third-order valence-corrected chi connectivity index (χ3v) is 12.3. The van der Waals surface area contributed by atoms with Gasteiger partial charge < -0.3 is 14.3 Å². The van der Waals surface area contributed by atoms with E-state index in [-0.39, 0.29) is 15.3 Å². The van der Waals surface area contributed by atoms with E-state index in [2.05, 4.69) is 64.3 Å². The zero-order valence-corrected chi connectivity index (χ0v) is 18.1. The summed E-state index contributed by atoms with van der Waals surface area (Å²) >= 11 is -0.913. The van der Waals surface area contributed by atoms with Crippen LogP contribution < -0.4 is 5.32 Å². The summed E-state index contributed by atoms with van der Waals surface area (Å²) in [6.45, 7) is 20.3. The van der Waals surface area contributed by atoms with E-state index in [1.165, 1.54) is 0 Å². The predicted octanol–water partition coefficient (Wildman–Crippen LogP) is 3.28. The molecule has 0 aromatic carbocycles. The van der Waals surface area contributed by atoms with Gasteiger partial charge in [-0.15, -0.1) is 4.31 Å². The molecule has 3 unspecified atom stereocenters. The van der Waals surface area contributed by atoms with Crippen LogP contribution in [-0.2, 0) is 15.8 Å². The standard InChI is InChI=1S/C17H36N2O2SSi/c1-15(2,3)22(20)19-10-9-17(19)11-14(18-13-17)12-21-23(7,8)16(4,5)6/h14,18H,9-13H2,1-8H3. The normalized spacial score (nSPS) is 31.4. The highest BCUT2D eigenvalue weighted by Crippen LogP contribution is 2.43. The third-order valence-electron chi connectivity index (χ3n) is 5.83. The zero-order chi connectivity index (χ0) is 17.7. The molecule has 23 heavy (non-hydrogen) atoms. The topological polar surface area (TPSA) is 47.6 Å². The SMILES string of the molecule is CC(C)(C)[S+]([O-])N1CCC12CNC(CO[Si](C)(C)C(C)(C)C)C2. The lowest BCUT2D eigenvalue weighted by molar-refractivity contribution is 0.0834. The molecule has 0 aromatic rings. The van der Waals surface area contributed by atoms with E-state index in [1.807, 2.05) is 0 Å². The van der Waals surface area contributed by atoms with Crippen molar-refractivity contribution in [1.29, 1.82) is 0 Å². The summed E-state index contributed by atoms with van der Waals surface area (Å²) < 4.78 is 21.2. The maximum absolute atomic E-state index is 12.7. The summed E-state index contributed by atoms with van der Waals surface area (Å²) in [6, 6.07) is 0.392. The van der Waals surface area contributed by atoms with Gasteiger partial charge in [0.2, 0.25) is 0 Å². The molecule has 6 heteroatoms. The lowest BCUT2D eigenvalue weighted by atomic mass is 9.85. The fourth-order valence-electron chi connectivity index (χ4n) is 3.07. The lowest BCUT2D eigenvalue weighted by Crippen LogP contribution is -2.65. The molecule has 0 saturated carbocycles. The third kappa shape index (κ3) is 3.98. The minimum absolute atomic E-state index is 0.0968. The van der Waals surface area contributed by atoms with Crippen LogP contribution >= 0.6 is 0 Å². The van der Waals surface area contributed by atoms with E-state index in [4.69, 9.17) is 4.43 Å². The molecule has 2 saturated heterocycles. The molecule has 2 rings (SSSR count). The summed E-state index contributed by atoms with van der Waals surface area (Å²) in [4.78, 5) is 0. The van der Waals surface area contributed by atoms with Gasteiger partial charge in [0.05, 0.1) is 5.54 Å². The van der Waals surface area contributed by atoms with Gasteiger partial charge in [-0.1, -0.05) is 20.8 Å². The van der Waals surface area contributed by atoms with Gasteiger partial charge in [0, 0.05) is 37.1 Å². The second-order valence-electron chi connectivity index (χ2n) is 9.79. The molecular weight excluding hydrogens is 324 g/mol. The molecule has 4 nitrogen and oxygen atoms in total. The highest BCUT2D eigenvalue weighted by atomic mass is 32.2. The van der Waals surface area contributed by atoms with E-state index in [1.54, 1.807) is 0 Å². The summed E-state index contributed by atoms with van der Waals surface area (Å²) in [5.74, 6) is 0. The number of nitrogens with zero attached hydrogens (tertiary/aromatic N) is 1. The van der Waals surface area contributed by atoms with Crippen molar-refractivity contribution >= 4 is 19.7 Å². The molecule has 0 aromatic heterocycles. The number of rotatable bonds is 4. The van der Waals surface area contributed by atoms with Gasteiger partial charge in [0.25, 0.3) is 0 Å². The van der Waals surface area contributed by atoms with Crippen LogP contribution in [0.2, 0.25) is 18.1 Å². The maximum atomic E-state index is 12.7. The Morgan fingerprint density at radius 2 is 1.87 bits per heavy atom. The molecule has 3 atom stereocenters. The molecule has 2 fully saturated rings. The van der Waals surface area contributed by atoms with Crippen LogP contribution in [0.15, 0.2) is 0 Å². The van der Waals surface area contributed by atoms with Crippen molar-refractivity contribution in [2.45, 2.75) is 88.8 Å². The van der Waals surface area contributed by atoms with Gasteiger partial charge in [0.15, 0.2) is 8.32 Å². The second kappa shape index (κ2) is 6.29. The minimum Gasteiger partial charge on any atom is -0.597 e. The van der Waals surface area contributed by atoms with Gasteiger partial charge >= 0.3 is 0 Å². The molecule has 1 spiro atoms. The first-order valence-electron chi connectivity index (χ1n) is 8.86. The Balaban J connectivity index is 1.92. The monoisotopic (exact) mass is 360 g/mol. The van der Waals surface area contributed by atoms with Crippen molar-refractivity contribution in [3.8, 4) is 0 Å². The molecule has 0 radical (unpaired) electrons. The smallest absolute Gasteiger partial charge is 0.192 e. The Morgan fingerprint density at radius 3 is 2.30 bits per heavy atom.